The van der Waals surface area contributed by atoms with Crippen molar-refractivity contribution in [2.75, 3.05) is 5.32 Å². The Morgan fingerprint density at radius 2 is 1.57 bits per heavy atom. The molecule has 2 aromatic carbocycles. The van der Waals surface area contributed by atoms with E-state index in [1.54, 1.807) is 24.7 Å². The largest absolute Gasteiger partial charge is 0.326 e. The molecule has 148 valence electrons. The van der Waals surface area contributed by atoms with Gasteiger partial charge in [-0.05, 0) is 66.9 Å². The van der Waals surface area contributed by atoms with E-state index in [9.17, 15) is 4.79 Å². The van der Waals surface area contributed by atoms with E-state index < -0.39 is 0 Å². The normalized spacial score (nSPS) is 11.7. The Morgan fingerprint density at radius 1 is 0.800 bits per heavy atom. The second-order valence-electron chi connectivity index (χ2n) is 7.17. The molecule has 0 fully saturated rings. The summed E-state index contributed by atoms with van der Waals surface area (Å²) in [7, 11) is 0. The average Bonchev–Trinajstić information content (AvgIpc) is 2.80. The van der Waals surface area contributed by atoms with Crippen LogP contribution in [0, 0.1) is 6.92 Å². The minimum absolute atomic E-state index is 0.0614. The van der Waals surface area contributed by atoms with Gasteiger partial charge in [0.15, 0.2) is 5.82 Å². The van der Waals surface area contributed by atoms with E-state index in [2.05, 4.69) is 20.3 Å². The molecule has 0 aliphatic rings. The minimum Gasteiger partial charge on any atom is -0.326 e. The fourth-order valence-electron chi connectivity index (χ4n) is 3.27. The third kappa shape index (κ3) is 4.41. The van der Waals surface area contributed by atoms with Crippen LogP contribution in [0.2, 0.25) is 0 Å². The van der Waals surface area contributed by atoms with Crippen LogP contribution in [0.5, 0.6) is 0 Å². The zero-order valence-corrected chi connectivity index (χ0v) is 16.9. The Labute approximate surface area is 175 Å². The molecule has 0 bridgehead atoms. The van der Waals surface area contributed by atoms with E-state index >= 15 is 0 Å². The Kier molecular flexibility index (Phi) is 5.61. The van der Waals surface area contributed by atoms with Gasteiger partial charge in [-0.3, -0.25) is 9.78 Å². The number of rotatable bonds is 5. The number of nitrogens with zero attached hydrogens (tertiary/aromatic N) is 3. The van der Waals surface area contributed by atoms with E-state index in [0.29, 0.717) is 5.82 Å². The van der Waals surface area contributed by atoms with Crippen LogP contribution >= 0.6 is 0 Å². The van der Waals surface area contributed by atoms with Crippen molar-refractivity contribution in [1.82, 2.24) is 15.0 Å². The summed E-state index contributed by atoms with van der Waals surface area (Å²) < 4.78 is 0. The van der Waals surface area contributed by atoms with Crippen molar-refractivity contribution in [3.63, 3.8) is 0 Å². The molecule has 1 atom stereocenters. The van der Waals surface area contributed by atoms with Crippen LogP contribution in [0.4, 0.5) is 5.69 Å². The summed E-state index contributed by atoms with van der Waals surface area (Å²) in [5.41, 5.74) is 5.74. The monoisotopic (exact) mass is 394 g/mol. The standard InChI is InChI=1S/C25H22N4O/c1-17-15-21(11-14-26-17)19-7-9-23(10-8-19)29-25(30)18(2)20-5-3-6-22(16-20)24-27-12-4-13-28-24/h3-16,18H,1-2H3,(H,29,30). The third-order valence-corrected chi connectivity index (χ3v) is 4.99. The number of amides is 1. The van der Waals surface area contributed by atoms with Gasteiger partial charge in [0.2, 0.25) is 5.91 Å². The highest BCUT2D eigenvalue weighted by Gasteiger charge is 2.16. The first kappa shape index (κ1) is 19.5. The first-order chi connectivity index (χ1) is 14.6. The molecular weight excluding hydrogens is 372 g/mol. The van der Waals surface area contributed by atoms with Crippen LogP contribution in [0.3, 0.4) is 0 Å². The number of carbonyl (C=O) groups excluding carboxylic acids is 1. The lowest BCUT2D eigenvalue weighted by molar-refractivity contribution is -0.117. The fourth-order valence-corrected chi connectivity index (χ4v) is 3.27. The predicted octanol–water partition coefficient (Wildman–Crippen LogP) is 5.26. The quantitative estimate of drug-likeness (QED) is 0.502. The summed E-state index contributed by atoms with van der Waals surface area (Å²) >= 11 is 0. The zero-order chi connectivity index (χ0) is 20.9. The molecule has 1 unspecified atom stereocenters. The van der Waals surface area contributed by atoms with Crippen LogP contribution in [0.25, 0.3) is 22.5 Å². The first-order valence-corrected chi connectivity index (χ1v) is 9.81. The van der Waals surface area contributed by atoms with Crippen molar-refractivity contribution in [3.8, 4) is 22.5 Å². The van der Waals surface area contributed by atoms with E-state index in [1.807, 2.05) is 74.5 Å². The maximum Gasteiger partial charge on any atom is 0.231 e. The highest BCUT2D eigenvalue weighted by Crippen LogP contribution is 2.25. The molecular formula is C25H22N4O. The lowest BCUT2D eigenvalue weighted by atomic mass is 9.97. The fraction of sp³-hybridized carbons (Fsp3) is 0.120. The van der Waals surface area contributed by atoms with Gasteiger partial charge in [0.1, 0.15) is 0 Å². The van der Waals surface area contributed by atoms with Gasteiger partial charge in [-0.1, -0.05) is 30.3 Å². The SMILES string of the molecule is Cc1cc(-c2ccc(NC(=O)C(C)c3cccc(-c4ncccn4)c3)cc2)ccn1. The van der Waals surface area contributed by atoms with Crippen LogP contribution in [-0.4, -0.2) is 20.9 Å². The number of pyridine rings is 1. The zero-order valence-electron chi connectivity index (χ0n) is 16.9. The molecule has 1 N–H and O–H groups in total. The number of benzene rings is 2. The second-order valence-corrected chi connectivity index (χ2v) is 7.17. The van der Waals surface area contributed by atoms with Crippen molar-refractivity contribution in [3.05, 3.63) is 96.6 Å². The molecule has 2 aromatic heterocycles. The Bertz CT molecular complexity index is 1160. The lowest BCUT2D eigenvalue weighted by Crippen LogP contribution is -2.18. The number of carbonyl (C=O) groups is 1. The summed E-state index contributed by atoms with van der Waals surface area (Å²) in [5.74, 6) is 0.277. The van der Waals surface area contributed by atoms with Crippen LogP contribution in [0.1, 0.15) is 24.1 Å². The summed E-state index contributed by atoms with van der Waals surface area (Å²) in [6, 6.07) is 21.4. The number of aryl methyl sites for hydroxylation is 1. The van der Waals surface area contributed by atoms with Crippen LogP contribution in [0.15, 0.2) is 85.3 Å². The molecule has 5 heteroatoms. The number of aromatic nitrogens is 3. The predicted molar refractivity (Wildman–Crippen MR) is 119 cm³/mol. The number of hydrogen-bond acceptors (Lipinski definition) is 4. The smallest absolute Gasteiger partial charge is 0.231 e. The van der Waals surface area contributed by atoms with E-state index in [-0.39, 0.29) is 11.8 Å². The molecule has 4 aromatic rings. The molecule has 0 spiro atoms. The van der Waals surface area contributed by atoms with Crippen molar-refractivity contribution < 1.29 is 4.79 Å². The summed E-state index contributed by atoms with van der Waals surface area (Å²) in [4.78, 5) is 25.6. The molecule has 1 amide bonds. The van der Waals surface area contributed by atoms with Gasteiger partial charge >= 0.3 is 0 Å². The van der Waals surface area contributed by atoms with Crippen molar-refractivity contribution >= 4 is 11.6 Å². The van der Waals surface area contributed by atoms with Gasteiger partial charge < -0.3 is 5.32 Å². The Morgan fingerprint density at radius 3 is 2.30 bits per heavy atom. The first-order valence-electron chi connectivity index (χ1n) is 9.81. The molecule has 2 heterocycles. The summed E-state index contributed by atoms with van der Waals surface area (Å²) in [6.45, 7) is 3.87. The Hall–Kier alpha value is -3.86. The van der Waals surface area contributed by atoms with Crippen molar-refractivity contribution in [2.24, 2.45) is 0 Å². The molecule has 0 saturated heterocycles. The highest BCUT2D eigenvalue weighted by atomic mass is 16.1. The average molecular weight is 394 g/mol. The second kappa shape index (κ2) is 8.66. The molecule has 0 saturated carbocycles. The van der Waals surface area contributed by atoms with E-state index in [1.165, 1.54) is 0 Å². The van der Waals surface area contributed by atoms with Gasteiger partial charge in [-0.15, -0.1) is 0 Å². The van der Waals surface area contributed by atoms with Crippen molar-refractivity contribution in [2.45, 2.75) is 19.8 Å². The van der Waals surface area contributed by atoms with Crippen LogP contribution in [-0.2, 0) is 4.79 Å². The summed E-state index contributed by atoms with van der Waals surface area (Å²) in [5, 5.41) is 3.01. The molecule has 30 heavy (non-hydrogen) atoms. The maximum atomic E-state index is 12.8. The van der Waals surface area contributed by atoms with Gasteiger partial charge in [-0.2, -0.15) is 0 Å². The molecule has 0 aliphatic heterocycles. The number of hydrogen-bond donors (Lipinski definition) is 1. The highest BCUT2D eigenvalue weighted by molar-refractivity contribution is 5.96. The number of anilines is 1. The number of nitrogens with one attached hydrogen (secondary N) is 1. The van der Waals surface area contributed by atoms with Crippen LogP contribution < -0.4 is 5.32 Å². The maximum absolute atomic E-state index is 12.8. The van der Waals surface area contributed by atoms with Gasteiger partial charge in [0.25, 0.3) is 0 Å². The van der Waals surface area contributed by atoms with Crippen molar-refractivity contribution in [1.29, 1.82) is 0 Å². The third-order valence-electron chi connectivity index (χ3n) is 4.99. The Balaban J connectivity index is 1.47. The van der Waals surface area contributed by atoms with E-state index in [0.717, 1.165) is 33.6 Å². The molecule has 0 radical (unpaired) electrons. The topological polar surface area (TPSA) is 67.8 Å². The molecule has 5 nitrogen and oxygen atoms in total. The van der Waals surface area contributed by atoms with Gasteiger partial charge in [0.05, 0.1) is 5.92 Å². The van der Waals surface area contributed by atoms with Gasteiger partial charge in [-0.25, -0.2) is 9.97 Å². The van der Waals surface area contributed by atoms with Gasteiger partial charge in [0, 0.05) is 35.5 Å². The lowest BCUT2D eigenvalue weighted by Gasteiger charge is -2.14. The minimum atomic E-state index is -0.309. The van der Waals surface area contributed by atoms with E-state index in [4.69, 9.17) is 0 Å². The molecule has 0 aliphatic carbocycles. The summed E-state index contributed by atoms with van der Waals surface area (Å²) in [6.07, 6.45) is 5.22. The molecule has 4 rings (SSSR count).